The zero-order valence-corrected chi connectivity index (χ0v) is 10.4. The number of hydrogen-bond donors (Lipinski definition) is 0. The van der Waals surface area contributed by atoms with Crippen LogP contribution in [0.4, 0.5) is 0 Å². The van der Waals surface area contributed by atoms with Crippen LogP contribution in [-0.4, -0.2) is 15.3 Å². The number of para-hydroxylation sites is 1. The van der Waals surface area contributed by atoms with Crippen LogP contribution in [0.15, 0.2) is 35.4 Å². The van der Waals surface area contributed by atoms with E-state index >= 15 is 0 Å². The van der Waals surface area contributed by atoms with Gasteiger partial charge in [-0.05, 0) is 18.6 Å². The van der Waals surface area contributed by atoms with Crippen molar-refractivity contribution in [3.63, 3.8) is 0 Å². The van der Waals surface area contributed by atoms with E-state index in [0.29, 0.717) is 36.7 Å². The summed E-state index contributed by atoms with van der Waals surface area (Å²) in [4.78, 5) is 27.5. The molecule has 0 radical (unpaired) electrons. The van der Waals surface area contributed by atoms with E-state index in [1.807, 2.05) is 25.1 Å². The molecule has 1 aromatic heterocycles. The molecule has 2 rings (SSSR count). The standard InChI is InChI=1S/C14H16N2O2/c1-2-11(17)6-5-9-16-10-15-13-8-4-3-7-12(13)14(16)18/h3-4,7-8,10H,2,5-6,9H2,1H3. The number of hydrogen-bond acceptors (Lipinski definition) is 3. The Morgan fingerprint density at radius 2 is 2.11 bits per heavy atom. The van der Waals surface area contributed by atoms with Crippen LogP contribution in [0, 0.1) is 0 Å². The molecule has 0 aliphatic rings. The molecule has 1 aromatic carbocycles. The van der Waals surface area contributed by atoms with Crippen LogP contribution in [0.5, 0.6) is 0 Å². The molecule has 0 unspecified atom stereocenters. The quantitative estimate of drug-likeness (QED) is 0.809. The van der Waals surface area contributed by atoms with Crippen LogP contribution in [-0.2, 0) is 11.3 Å². The molecule has 0 atom stereocenters. The van der Waals surface area contributed by atoms with Crippen molar-refractivity contribution in [1.82, 2.24) is 9.55 Å². The summed E-state index contributed by atoms with van der Waals surface area (Å²) in [5, 5.41) is 0.627. The van der Waals surface area contributed by atoms with Gasteiger partial charge in [-0.1, -0.05) is 19.1 Å². The first-order chi connectivity index (χ1) is 8.72. The zero-order valence-electron chi connectivity index (χ0n) is 10.4. The summed E-state index contributed by atoms with van der Waals surface area (Å²) < 4.78 is 1.57. The summed E-state index contributed by atoms with van der Waals surface area (Å²) in [5.74, 6) is 0.233. The predicted octanol–water partition coefficient (Wildman–Crippen LogP) is 2.16. The van der Waals surface area contributed by atoms with Crippen molar-refractivity contribution < 1.29 is 4.79 Å². The fourth-order valence-corrected chi connectivity index (χ4v) is 1.89. The second-order valence-electron chi connectivity index (χ2n) is 4.26. The molecule has 0 spiro atoms. The smallest absolute Gasteiger partial charge is 0.261 e. The van der Waals surface area contributed by atoms with E-state index in [-0.39, 0.29) is 11.3 Å². The fraction of sp³-hybridized carbons (Fsp3) is 0.357. The number of carbonyl (C=O) groups is 1. The van der Waals surface area contributed by atoms with Crippen molar-refractivity contribution in [3.05, 3.63) is 40.9 Å². The maximum absolute atomic E-state index is 12.1. The minimum atomic E-state index is -0.0375. The minimum absolute atomic E-state index is 0.0375. The number of carbonyl (C=O) groups excluding carboxylic acids is 1. The first-order valence-corrected chi connectivity index (χ1v) is 6.18. The normalized spacial score (nSPS) is 10.7. The Bertz CT molecular complexity index is 616. The van der Waals surface area contributed by atoms with E-state index < -0.39 is 0 Å². The van der Waals surface area contributed by atoms with Crippen LogP contribution in [0.2, 0.25) is 0 Å². The largest absolute Gasteiger partial charge is 0.300 e. The molecule has 4 nitrogen and oxygen atoms in total. The van der Waals surface area contributed by atoms with Gasteiger partial charge in [-0.25, -0.2) is 4.98 Å². The summed E-state index contributed by atoms with van der Waals surface area (Å²) in [7, 11) is 0. The second kappa shape index (κ2) is 5.58. The Labute approximate surface area is 105 Å². The van der Waals surface area contributed by atoms with Gasteiger partial charge in [-0.15, -0.1) is 0 Å². The molecule has 0 amide bonds. The van der Waals surface area contributed by atoms with Crippen LogP contribution in [0.25, 0.3) is 10.9 Å². The van der Waals surface area contributed by atoms with E-state index in [1.165, 1.54) is 0 Å². The zero-order chi connectivity index (χ0) is 13.0. The Hall–Kier alpha value is -1.97. The van der Waals surface area contributed by atoms with Crippen molar-refractivity contribution in [1.29, 1.82) is 0 Å². The topological polar surface area (TPSA) is 52.0 Å². The number of fused-ring (bicyclic) bond motifs is 1. The number of benzene rings is 1. The van der Waals surface area contributed by atoms with Crippen LogP contribution in [0.1, 0.15) is 26.2 Å². The summed E-state index contributed by atoms with van der Waals surface area (Å²) >= 11 is 0. The third-order valence-corrected chi connectivity index (χ3v) is 2.98. The van der Waals surface area contributed by atoms with Gasteiger partial charge in [-0.3, -0.25) is 14.2 Å². The first kappa shape index (κ1) is 12.5. The maximum atomic E-state index is 12.1. The van der Waals surface area contributed by atoms with Crippen LogP contribution >= 0.6 is 0 Å². The van der Waals surface area contributed by atoms with E-state index in [1.54, 1.807) is 17.0 Å². The van der Waals surface area contributed by atoms with Gasteiger partial charge in [-0.2, -0.15) is 0 Å². The van der Waals surface area contributed by atoms with Gasteiger partial charge in [0.15, 0.2) is 0 Å². The van der Waals surface area contributed by atoms with Gasteiger partial charge in [0.25, 0.3) is 5.56 Å². The molecule has 4 heteroatoms. The minimum Gasteiger partial charge on any atom is -0.300 e. The van der Waals surface area contributed by atoms with Gasteiger partial charge < -0.3 is 0 Å². The lowest BCUT2D eigenvalue weighted by Crippen LogP contribution is -2.20. The highest BCUT2D eigenvalue weighted by Gasteiger charge is 2.04. The van der Waals surface area contributed by atoms with Crippen LogP contribution < -0.4 is 5.56 Å². The third kappa shape index (κ3) is 2.64. The van der Waals surface area contributed by atoms with E-state index in [4.69, 9.17) is 0 Å². The number of Topliss-reactive ketones (excluding diaryl/α,β-unsaturated/α-hetero) is 1. The van der Waals surface area contributed by atoms with Gasteiger partial charge in [0.1, 0.15) is 5.78 Å². The van der Waals surface area contributed by atoms with Gasteiger partial charge in [0.05, 0.1) is 17.2 Å². The maximum Gasteiger partial charge on any atom is 0.261 e. The molecule has 18 heavy (non-hydrogen) atoms. The Morgan fingerprint density at radius 3 is 2.89 bits per heavy atom. The Balaban J connectivity index is 2.17. The lowest BCUT2D eigenvalue weighted by Gasteiger charge is -2.05. The van der Waals surface area contributed by atoms with Gasteiger partial charge >= 0.3 is 0 Å². The molecule has 0 aliphatic heterocycles. The average molecular weight is 244 g/mol. The Kier molecular flexibility index (Phi) is 3.87. The van der Waals surface area contributed by atoms with Crippen molar-refractivity contribution in [2.75, 3.05) is 0 Å². The third-order valence-electron chi connectivity index (χ3n) is 2.98. The molecule has 0 N–H and O–H groups in total. The highest BCUT2D eigenvalue weighted by molar-refractivity contribution is 5.78. The lowest BCUT2D eigenvalue weighted by atomic mass is 10.2. The second-order valence-corrected chi connectivity index (χ2v) is 4.26. The molecule has 94 valence electrons. The number of rotatable bonds is 5. The molecule has 0 fully saturated rings. The fourth-order valence-electron chi connectivity index (χ4n) is 1.89. The number of aryl methyl sites for hydroxylation is 1. The summed E-state index contributed by atoms with van der Waals surface area (Å²) in [6.07, 6.45) is 3.33. The highest BCUT2D eigenvalue weighted by Crippen LogP contribution is 2.05. The molecule has 2 aromatic rings. The van der Waals surface area contributed by atoms with Crippen molar-refractivity contribution in [2.24, 2.45) is 0 Å². The number of ketones is 1. The van der Waals surface area contributed by atoms with Gasteiger partial charge in [0.2, 0.25) is 0 Å². The predicted molar refractivity (Wildman–Crippen MR) is 70.5 cm³/mol. The van der Waals surface area contributed by atoms with Crippen molar-refractivity contribution >= 4 is 16.7 Å². The molecular formula is C14H16N2O2. The summed E-state index contributed by atoms with van der Waals surface area (Å²) in [5.41, 5.74) is 0.674. The van der Waals surface area contributed by atoms with E-state index in [2.05, 4.69) is 4.98 Å². The molecule has 0 saturated carbocycles. The monoisotopic (exact) mass is 244 g/mol. The molecule has 0 bridgehead atoms. The number of nitrogens with zero attached hydrogens (tertiary/aromatic N) is 2. The Morgan fingerprint density at radius 1 is 1.33 bits per heavy atom. The van der Waals surface area contributed by atoms with Crippen LogP contribution in [0.3, 0.4) is 0 Å². The average Bonchev–Trinajstić information content (AvgIpc) is 2.41. The number of aromatic nitrogens is 2. The van der Waals surface area contributed by atoms with Crippen molar-refractivity contribution in [2.45, 2.75) is 32.7 Å². The molecule has 1 heterocycles. The summed E-state index contributed by atoms with van der Waals surface area (Å²) in [6, 6.07) is 7.29. The van der Waals surface area contributed by atoms with E-state index in [9.17, 15) is 9.59 Å². The van der Waals surface area contributed by atoms with E-state index in [0.717, 1.165) is 0 Å². The lowest BCUT2D eigenvalue weighted by molar-refractivity contribution is -0.118. The first-order valence-electron chi connectivity index (χ1n) is 6.18. The highest BCUT2D eigenvalue weighted by atomic mass is 16.1. The molecule has 0 saturated heterocycles. The molecule has 0 aliphatic carbocycles. The SMILES string of the molecule is CCC(=O)CCCn1cnc2ccccc2c1=O. The van der Waals surface area contributed by atoms with Gasteiger partial charge in [0, 0.05) is 19.4 Å². The molecular weight excluding hydrogens is 228 g/mol. The van der Waals surface area contributed by atoms with Crippen molar-refractivity contribution in [3.8, 4) is 0 Å². The summed E-state index contributed by atoms with van der Waals surface area (Å²) in [6.45, 7) is 2.40.